The maximum absolute atomic E-state index is 13.4. The largest absolute Gasteiger partial charge is 0.377 e. The number of amides is 1. The van der Waals surface area contributed by atoms with Crippen molar-refractivity contribution in [2.24, 2.45) is 0 Å². The Bertz CT molecular complexity index is 912. The Morgan fingerprint density at radius 2 is 2.27 bits per heavy atom. The molecule has 7 heteroatoms. The molecule has 0 spiro atoms. The van der Waals surface area contributed by atoms with Crippen LogP contribution in [0.1, 0.15) is 22.6 Å². The monoisotopic (exact) mass is 354 g/mol. The predicted octanol–water partition coefficient (Wildman–Crippen LogP) is 2.57. The highest BCUT2D eigenvalue weighted by atomic mass is 19.1. The number of carbonyl (C=O) groups is 1. The maximum atomic E-state index is 13.4. The van der Waals surface area contributed by atoms with Gasteiger partial charge in [0.15, 0.2) is 0 Å². The van der Waals surface area contributed by atoms with Crippen LogP contribution in [-0.2, 0) is 11.2 Å². The van der Waals surface area contributed by atoms with Gasteiger partial charge in [-0.3, -0.25) is 14.8 Å². The third-order valence-corrected chi connectivity index (χ3v) is 4.65. The van der Waals surface area contributed by atoms with Crippen molar-refractivity contribution in [2.45, 2.75) is 18.9 Å². The lowest BCUT2D eigenvalue weighted by Crippen LogP contribution is -2.49. The lowest BCUT2D eigenvalue weighted by Gasteiger charge is -2.35. The van der Waals surface area contributed by atoms with E-state index in [1.54, 1.807) is 30.7 Å². The van der Waals surface area contributed by atoms with Gasteiger partial charge in [0.1, 0.15) is 11.5 Å². The summed E-state index contributed by atoms with van der Waals surface area (Å²) in [6, 6.07) is 6.20. The highest BCUT2D eigenvalue weighted by Gasteiger charge is 2.28. The zero-order valence-electron chi connectivity index (χ0n) is 14.2. The molecule has 1 N–H and O–H groups in total. The number of fused-ring (bicyclic) bond motifs is 1. The van der Waals surface area contributed by atoms with E-state index in [4.69, 9.17) is 4.74 Å². The Hall–Kier alpha value is -2.80. The lowest BCUT2D eigenvalue weighted by atomic mass is 10.1. The number of morpholine rings is 1. The van der Waals surface area contributed by atoms with E-state index in [0.717, 1.165) is 23.9 Å². The summed E-state index contributed by atoms with van der Waals surface area (Å²) in [5, 5.41) is 0.819. The summed E-state index contributed by atoms with van der Waals surface area (Å²) in [7, 11) is 0. The van der Waals surface area contributed by atoms with Gasteiger partial charge >= 0.3 is 0 Å². The van der Waals surface area contributed by atoms with Crippen LogP contribution in [0.25, 0.3) is 10.9 Å². The van der Waals surface area contributed by atoms with Crippen molar-refractivity contribution in [3.63, 3.8) is 0 Å². The fraction of sp³-hybridized carbons (Fsp3) is 0.316. The Kier molecular flexibility index (Phi) is 4.62. The van der Waals surface area contributed by atoms with Gasteiger partial charge in [0.2, 0.25) is 0 Å². The van der Waals surface area contributed by atoms with Gasteiger partial charge in [-0.25, -0.2) is 4.39 Å². The minimum atomic E-state index is -0.327. The summed E-state index contributed by atoms with van der Waals surface area (Å²) in [6.07, 6.45) is 6.52. The van der Waals surface area contributed by atoms with E-state index in [9.17, 15) is 9.18 Å². The van der Waals surface area contributed by atoms with E-state index in [2.05, 4.69) is 15.0 Å². The fourth-order valence-electron chi connectivity index (χ4n) is 3.30. The molecule has 0 unspecified atom stereocenters. The number of H-pyrrole nitrogens is 1. The van der Waals surface area contributed by atoms with Gasteiger partial charge in [-0.2, -0.15) is 0 Å². The van der Waals surface area contributed by atoms with Gasteiger partial charge in [0.05, 0.1) is 24.9 Å². The number of aromatic nitrogens is 3. The average molecular weight is 354 g/mol. The van der Waals surface area contributed by atoms with Gasteiger partial charge in [0, 0.05) is 36.0 Å². The number of nitrogens with one attached hydrogen (secondary N) is 1. The van der Waals surface area contributed by atoms with Crippen LogP contribution in [0.5, 0.6) is 0 Å². The summed E-state index contributed by atoms with van der Waals surface area (Å²) in [6.45, 7) is 1.55. The normalized spacial score (nSPS) is 17.6. The van der Waals surface area contributed by atoms with Crippen molar-refractivity contribution in [3.8, 4) is 0 Å². The minimum absolute atomic E-state index is 0.0265. The van der Waals surface area contributed by atoms with Crippen LogP contribution in [0.4, 0.5) is 4.39 Å². The lowest BCUT2D eigenvalue weighted by molar-refractivity contribution is -0.00438. The van der Waals surface area contributed by atoms with Crippen molar-refractivity contribution in [3.05, 3.63) is 60.1 Å². The molecule has 1 aromatic carbocycles. The first-order valence-electron chi connectivity index (χ1n) is 8.62. The number of ether oxygens (including phenoxy) is 1. The SMILES string of the molecule is O=C(c1cc2ccc(F)cc2[nH]1)N1CCOC[C@H]1CCc1cnccn1. The third kappa shape index (κ3) is 3.43. The zero-order chi connectivity index (χ0) is 17.9. The molecule has 0 radical (unpaired) electrons. The van der Waals surface area contributed by atoms with Gasteiger partial charge in [-0.05, 0) is 37.1 Å². The standard InChI is InChI=1S/C19H19FN4O2/c20-14-2-1-13-9-18(23-17(13)10-14)19(25)24-7-8-26-12-16(24)4-3-15-11-21-5-6-22-15/h1-2,5-6,9-11,16,23H,3-4,7-8,12H2/t16-/m1/s1. The molecule has 26 heavy (non-hydrogen) atoms. The molecular weight excluding hydrogens is 335 g/mol. The molecular formula is C19H19FN4O2. The van der Waals surface area contributed by atoms with E-state index < -0.39 is 0 Å². The average Bonchev–Trinajstić information content (AvgIpc) is 3.10. The smallest absolute Gasteiger partial charge is 0.270 e. The predicted molar refractivity (Wildman–Crippen MR) is 94.3 cm³/mol. The van der Waals surface area contributed by atoms with Crippen molar-refractivity contribution in [1.82, 2.24) is 19.9 Å². The zero-order valence-corrected chi connectivity index (χ0v) is 14.2. The molecule has 6 nitrogen and oxygen atoms in total. The van der Waals surface area contributed by atoms with Gasteiger partial charge in [-0.15, -0.1) is 0 Å². The van der Waals surface area contributed by atoms with Crippen LogP contribution in [-0.4, -0.2) is 51.6 Å². The number of halogens is 1. The third-order valence-electron chi connectivity index (χ3n) is 4.65. The van der Waals surface area contributed by atoms with Crippen LogP contribution in [0.15, 0.2) is 42.9 Å². The molecule has 0 bridgehead atoms. The molecule has 0 aliphatic carbocycles. The molecule has 3 aromatic rings. The summed E-state index contributed by atoms with van der Waals surface area (Å²) in [4.78, 5) is 26.2. The van der Waals surface area contributed by atoms with E-state index in [0.29, 0.717) is 31.0 Å². The van der Waals surface area contributed by atoms with E-state index in [1.165, 1.54) is 12.1 Å². The molecule has 2 aromatic heterocycles. The second-order valence-corrected chi connectivity index (χ2v) is 6.38. The number of rotatable bonds is 4. The Labute approximate surface area is 150 Å². The summed E-state index contributed by atoms with van der Waals surface area (Å²) < 4.78 is 19.0. The van der Waals surface area contributed by atoms with Crippen LogP contribution in [0, 0.1) is 5.82 Å². The number of nitrogens with zero attached hydrogens (tertiary/aromatic N) is 3. The molecule has 1 fully saturated rings. The minimum Gasteiger partial charge on any atom is -0.377 e. The molecule has 1 saturated heterocycles. The number of hydrogen-bond donors (Lipinski definition) is 1. The van der Waals surface area contributed by atoms with Gasteiger partial charge in [0.25, 0.3) is 5.91 Å². The van der Waals surface area contributed by atoms with Gasteiger partial charge in [-0.1, -0.05) is 0 Å². The maximum Gasteiger partial charge on any atom is 0.270 e. The van der Waals surface area contributed by atoms with E-state index >= 15 is 0 Å². The highest BCUT2D eigenvalue weighted by Crippen LogP contribution is 2.21. The molecule has 1 atom stereocenters. The quantitative estimate of drug-likeness (QED) is 0.782. The fourth-order valence-corrected chi connectivity index (χ4v) is 3.30. The van der Waals surface area contributed by atoms with Crippen molar-refractivity contribution in [2.75, 3.05) is 19.8 Å². The number of carbonyl (C=O) groups excluding carboxylic acids is 1. The molecule has 1 aliphatic heterocycles. The Morgan fingerprint density at radius 1 is 1.35 bits per heavy atom. The summed E-state index contributed by atoms with van der Waals surface area (Å²) in [5.41, 5.74) is 1.99. The Morgan fingerprint density at radius 3 is 3.12 bits per heavy atom. The first-order chi connectivity index (χ1) is 12.7. The summed E-state index contributed by atoms with van der Waals surface area (Å²) >= 11 is 0. The molecule has 1 amide bonds. The van der Waals surface area contributed by atoms with Crippen LogP contribution < -0.4 is 0 Å². The number of aryl methyl sites for hydroxylation is 1. The second-order valence-electron chi connectivity index (χ2n) is 6.38. The van der Waals surface area contributed by atoms with Crippen LogP contribution in [0.3, 0.4) is 0 Å². The molecule has 4 rings (SSSR count). The number of benzene rings is 1. The molecule has 3 heterocycles. The molecule has 134 valence electrons. The van der Waals surface area contributed by atoms with Crippen molar-refractivity contribution >= 4 is 16.8 Å². The van der Waals surface area contributed by atoms with Crippen LogP contribution >= 0.6 is 0 Å². The first kappa shape index (κ1) is 16.7. The summed E-state index contributed by atoms with van der Waals surface area (Å²) in [5.74, 6) is -0.416. The number of hydrogen-bond acceptors (Lipinski definition) is 4. The topological polar surface area (TPSA) is 71.1 Å². The molecule has 0 saturated carbocycles. The number of aromatic amines is 1. The van der Waals surface area contributed by atoms with E-state index in [-0.39, 0.29) is 17.8 Å². The van der Waals surface area contributed by atoms with Gasteiger partial charge < -0.3 is 14.6 Å². The van der Waals surface area contributed by atoms with E-state index in [1.807, 2.05) is 4.90 Å². The second kappa shape index (κ2) is 7.21. The van der Waals surface area contributed by atoms with Crippen molar-refractivity contribution in [1.29, 1.82) is 0 Å². The van der Waals surface area contributed by atoms with Crippen LogP contribution in [0.2, 0.25) is 0 Å². The first-order valence-corrected chi connectivity index (χ1v) is 8.62. The molecule has 1 aliphatic rings. The van der Waals surface area contributed by atoms with Crippen molar-refractivity contribution < 1.29 is 13.9 Å². The highest BCUT2D eigenvalue weighted by molar-refractivity contribution is 5.98. The Balaban J connectivity index is 1.51.